The Morgan fingerprint density at radius 3 is 2.78 bits per heavy atom. The third-order valence-corrected chi connectivity index (χ3v) is 2.54. The lowest BCUT2D eigenvalue weighted by atomic mass is 10.1. The van der Waals surface area contributed by atoms with Crippen molar-refractivity contribution in [2.75, 3.05) is 11.1 Å². The quantitative estimate of drug-likeness (QED) is 0.706. The maximum Gasteiger partial charge on any atom is 0.248 e. The SMILES string of the molecule is NC(=O)c1ccc(NCc2cccnc2)c(N)c1. The highest BCUT2D eigenvalue weighted by Crippen LogP contribution is 2.20. The average Bonchev–Trinajstić information content (AvgIpc) is 2.38. The minimum absolute atomic E-state index is 0.402. The Kier molecular flexibility index (Phi) is 3.43. The molecule has 0 unspecified atom stereocenters. The van der Waals surface area contributed by atoms with Gasteiger partial charge < -0.3 is 16.8 Å². The van der Waals surface area contributed by atoms with E-state index in [-0.39, 0.29) is 0 Å². The first-order chi connectivity index (χ1) is 8.66. The second-order valence-corrected chi connectivity index (χ2v) is 3.88. The summed E-state index contributed by atoms with van der Waals surface area (Å²) in [7, 11) is 0. The van der Waals surface area contributed by atoms with Gasteiger partial charge in [-0.1, -0.05) is 6.07 Å². The molecule has 0 spiro atoms. The predicted molar refractivity (Wildman–Crippen MR) is 70.9 cm³/mol. The standard InChI is InChI=1S/C13H14N4O/c14-11-6-10(13(15)18)3-4-12(11)17-8-9-2-1-5-16-7-9/h1-7,17H,8,14H2,(H2,15,18). The largest absolute Gasteiger partial charge is 0.397 e. The van der Waals surface area contributed by atoms with E-state index in [1.807, 2.05) is 12.1 Å². The van der Waals surface area contributed by atoms with Gasteiger partial charge >= 0.3 is 0 Å². The molecule has 5 heteroatoms. The summed E-state index contributed by atoms with van der Waals surface area (Å²) in [5.74, 6) is -0.486. The van der Waals surface area contributed by atoms with E-state index in [4.69, 9.17) is 11.5 Å². The number of pyridine rings is 1. The Balaban J connectivity index is 2.08. The van der Waals surface area contributed by atoms with Crippen molar-refractivity contribution in [1.82, 2.24) is 4.98 Å². The molecule has 5 nitrogen and oxygen atoms in total. The van der Waals surface area contributed by atoms with E-state index in [9.17, 15) is 4.79 Å². The fourth-order valence-corrected chi connectivity index (χ4v) is 1.58. The molecule has 0 aliphatic carbocycles. The molecule has 0 radical (unpaired) electrons. The summed E-state index contributed by atoms with van der Waals surface area (Å²) < 4.78 is 0. The Morgan fingerprint density at radius 2 is 2.17 bits per heavy atom. The minimum Gasteiger partial charge on any atom is -0.397 e. The van der Waals surface area contributed by atoms with Crippen LogP contribution in [0.2, 0.25) is 0 Å². The Labute approximate surface area is 105 Å². The number of amides is 1. The monoisotopic (exact) mass is 242 g/mol. The molecule has 18 heavy (non-hydrogen) atoms. The summed E-state index contributed by atoms with van der Waals surface area (Å²) in [5.41, 5.74) is 13.7. The normalized spacial score (nSPS) is 10.0. The van der Waals surface area contributed by atoms with Gasteiger partial charge in [-0.3, -0.25) is 9.78 Å². The number of hydrogen-bond donors (Lipinski definition) is 3. The first-order valence-electron chi connectivity index (χ1n) is 5.49. The summed E-state index contributed by atoms with van der Waals surface area (Å²) >= 11 is 0. The number of carbonyl (C=O) groups is 1. The molecule has 2 aromatic rings. The van der Waals surface area contributed by atoms with E-state index in [2.05, 4.69) is 10.3 Å². The van der Waals surface area contributed by atoms with Crippen LogP contribution in [0.4, 0.5) is 11.4 Å². The van der Waals surface area contributed by atoms with Gasteiger partial charge in [-0.2, -0.15) is 0 Å². The molecule has 0 aliphatic heterocycles. The van der Waals surface area contributed by atoms with Crippen molar-refractivity contribution in [3.05, 3.63) is 53.9 Å². The number of primary amides is 1. The van der Waals surface area contributed by atoms with Crippen molar-refractivity contribution in [2.24, 2.45) is 5.73 Å². The van der Waals surface area contributed by atoms with Gasteiger partial charge in [0.15, 0.2) is 0 Å². The predicted octanol–water partition coefficient (Wildman–Crippen LogP) is 1.37. The van der Waals surface area contributed by atoms with Gasteiger partial charge in [-0.15, -0.1) is 0 Å². The Bertz CT molecular complexity index is 554. The summed E-state index contributed by atoms with van der Waals surface area (Å²) in [5, 5.41) is 3.18. The summed E-state index contributed by atoms with van der Waals surface area (Å²) in [4.78, 5) is 15.0. The molecule has 0 fully saturated rings. The van der Waals surface area contributed by atoms with E-state index >= 15 is 0 Å². The second-order valence-electron chi connectivity index (χ2n) is 3.88. The number of nitrogens with zero attached hydrogens (tertiary/aromatic N) is 1. The van der Waals surface area contributed by atoms with Crippen molar-refractivity contribution in [1.29, 1.82) is 0 Å². The van der Waals surface area contributed by atoms with Crippen molar-refractivity contribution in [3.8, 4) is 0 Å². The van der Waals surface area contributed by atoms with Gasteiger partial charge in [0, 0.05) is 24.5 Å². The highest BCUT2D eigenvalue weighted by molar-refractivity contribution is 5.94. The fourth-order valence-electron chi connectivity index (χ4n) is 1.58. The molecule has 0 bridgehead atoms. The van der Waals surface area contributed by atoms with Crippen LogP contribution in [0.5, 0.6) is 0 Å². The molecule has 1 amide bonds. The number of nitrogens with one attached hydrogen (secondary N) is 1. The number of aromatic nitrogens is 1. The van der Waals surface area contributed by atoms with Gasteiger partial charge in [0.05, 0.1) is 11.4 Å². The Morgan fingerprint density at radius 1 is 1.33 bits per heavy atom. The van der Waals surface area contributed by atoms with Crippen LogP contribution in [0.3, 0.4) is 0 Å². The van der Waals surface area contributed by atoms with Crippen molar-refractivity contribution in [3.63, 3.8) is 0 Å². The molecular formula is C13H14N4O. The molecular weight excluding hydrogens is 228 g/mol. The number of rotatable bonds is 4. The zero-order chi connectivity index (χ0) is 13.0. The topological polar surface area (TPSA) is 94.0 Å². The van der Waals surface area contributed by atoms with E-state index in [1.54, 1.807) is 30.6 Å². The number of nitrogen functional groups attached to an aromatic ring is 1. The Hall–Kier alpha value is -2.56. The lowest BCUT2D eigenvalue weighted by Crippen LogP contribution is -2.12. The molecule has 1 aromatic heterocycles. The van der Waals surface area contributed by atoms with Crippen LogP contribution in [0.15, 0.2) is 42.7 Å². The molecule has 2 rings (SSSR count). The van der Waals surface area contributed by atoms with Crippen LogP contribution in [0.1, 0.15) is 15.9 Å². The van der Waals surface area contributed by atoms with Crippen LogP contribution in [0, 0.1) is 0 Å². The fraction of sp³-hybridized carbons (Fsp3) is 0.0769. The van der Waals surface area contributed by atoms with Crippen LogP contribution >= 0.6 is 0 Å². The minimum atomic E-state index is -0.486. The van der Waals surface area contributed by atoms with Gasteiger partial charge in [-0.05, 0) is 29.8 Å². The molecule has 5 N–H and O–H groups in total. The van der Waals surface area contributed by atoms with Crippen molar-refractivity contribution in [2.45, 2.75) is 6.54 Å². The van der Waals surface area contributed by atoms with Gasteiger partial charge in [0.1, 0.15) is 0 Å². The lowest BCUT2D eigenvalue weighted by Gasteiger charge is -2.09. The molecule has 0 saturated carbocycles. The molecule has 0 aliphatic rings. The van der Waals surface area contributed by atoms with Crippen LogP contribution in [-0.4, -0.2) is 10.9 Å². The first kappa shape index (κ1) is 11.9. The first-order valence-corrected chi connectivity index (χ1v) is 5.49. The van der Waals surface area contributed by atoms with Gasteiger partial charge in [0.25, 0.3) is 0 Å². The molecule has 0 atom stereocenters. The van der Waals surface area contributed by atoms with E-state index in [1.165, 1.54) is 0 Å². The number of anilines is 2. The van der Waals surface area contributed by atoms with E-state index < -0.39 is 5.91 Å². The summed E-state index contributed by atoms with van der Waals surface area (Å²) in [6.45, 7) is 0.619. The summed E-state index contributed by atoms with van der Waals surface area (Å²) in [6, 6.07) is 8.79. The van der Waals surface area contributed by atoms with Crippen molar-refractivity contribution < 1.29 is 4.79 Å². The third kappa shape index (κ3) is 2.76. The van der Waals surface area contributed by atoms with Crippen molar-refractivity contribution >= 4 is 17.3 Å². The van der Waals surface area contributed by atoms with Gasteiger partial charge in [0.2, 0.25) is 5.91 Å². The van der Waals surface area contributed by atoms with E-state index in [0.29, 0.717) is 17.8 Å². The zero-order valence-electron chi connectivity index (χ0n) is 9.76. The molecule has 92 valence electrons. The summed E-state index contributed by atoms with van der Waals surface area (Å²) in [6.07, 6.45) is 3.50. The maximum absolute atomic E-state index is 11.0. The second kappa shape index (κ2) is 5.18. The highest BCUT2D eigenvalue weighted by atomic mass is 16.1. The van der Waals surface area contributed by atoms with Crippen LogP contribution < -0.4 is 16.8 Å². The smallest absolute Gasteiger partial charge is 0.248 e. The average molecular weight is 242 g/mol. The van der Waals surface area contributed by atoms with Gasteiger partial charge in [-0.25, -0.2) is 0 Å². The molecule has 1 heterocycles. The molecule has 1 aromatic carbocycles. The van der Waals surface area contributed by atoms with Crippen LogP contribution in [0.25, 0.3) is 0 Å². The maximum atomic E-state index is 11.0. The number of nitrogens with two attached hydrogens (primary N) is 2. The zero-order valence-corrected chi connectivity index (χ0v) is 9.76. The number of carbonyl (C=O) groups excluding carboxylic acids is 1. The highest BCUT2D eigenvalue weighted by Gasteiger charge is 2.04. The third-order valence-electron chi connectivity index (χ3n) is 2.54. The van der Waals surface area contributed by atoms with Crippen LogP contribution in [-0.2, 0) is 6.54 Å². The number of benzene rings is 1. The lowest BCUT2D eigenvalue weighted by molar-refractivity contribution is 0.100. The molecule has 0 saturated heterocycles. The number of hydrogen-bond acceptors (Lipinski definition) is 4. The van der Waals surface area contributed by atoms with E-state index in [0.717, 1.165) is 11.3 Å².